The Labute approximate surface area is 476 Å². The van der Waals surface area contributed by atoms with Gasteiger partial charge in [0.2, 0.25) is 5.91 Å². The molecule has 0 spiro atoms. The predicted molar refractivity (Wildman–Crippen MR) is 314 cm³/mol. The first-order valence-corrected chi connectivity index (χ1v) is 32.9. The van der Waals surface area contributed by atoms with Crippen molar-refractivity contribution < 1.29 is 64.6 Å². The van der Waals surface area contributed by atoms with Crippen LogP contribution in [0.15, 0.2) is 12.2 Å². The molecule has 0 aliphatic carbocycles. The number of aliphatic hydroxyl groups is 8. The molecule has 12 atom stereocenters. The van der Waals surface area contributed by atoms with Crippen LogP contribution in [0.4, 0.5) is 0 Å². The van der Waals surface area contributed by atoms with Gasteiger partial charge < -0.3 is 65.1 Å². The highest BCUT2D eigenvalue weighted by atomic mass is 16.7. The van der Waals surface area contributed by atoms with E-state index in [0.29, 0.717) is 19.3 Å². The molecule has 0 bridgehead atoms. The monoisotopic (exact) mass is 1110 g/mol. The Kier molecular flexibility index (Phi) is 46.9. The average Bonchev–Trinajstić information content (AvgIpc) is 3.44. The summed E-state index contributed by atoms with van der Waals surface area (Å²) in [5, 5.41) is 87.2. The van der Waals surface area contributed by atoms with Crippen molar-refractivity contribution in [3.8, 4) is 0 Å². The van der Waals surface area contributed by atoms with Crippen molar-refractivity contribution in [1.29, 1.82) is 0 Å². The quantitative estimate of drug-likeness (QED) is 0.0204. The Balaban J connectivity index is 1.59. The molecule has 462 valence electrons. The summed E-state index contributed by atoms with van der Waals surface area (Å²) in [6, 6.07) is -0.830. The molecule has 1 amide bonds. The van der Waals surface area contributed by atoms with E-state index in [2.05, 4.69) is 31.3 Å². The van der Waals surface area contributed by atoms with Crippen LogP contribution in [0.25, 0.3) is 0 Å². The van der Waals surface area contributed by atoms with Gasteiger partial charge >= 0.3 is 0 Å². The SMILES string of the molecule is CCCC/C=C\CCCCCCCC(=O)NC(COC1OC(CO)C(OC2OC(CO)C(O)C(O)C2O)C(O)C1O)C(O)CCCCCCCCCCCCCCCCCCCCCCCCCCCCCCCCCCC. The van der Waals surface area contributed by atoms with Crippen molar-refractivity contribution in [3.63, 3.8) is 0 Å². The van der Waals surface area contributed by atoms with Gasteiger partial charge in [0.15, 0.2) is 12.6 Å². The molecule has 0 radical (unpaired) electrons. The van der Waals surface area contributed by atoms with Gasteiger partial charge in [-0.2, -0.15) is 0 Å². The fourth-order valence-electron chi connectivity index (χ4n) is 11.2. The third-order valence-corrected chi connectivity index (χ3v) is 16.5. The van der Waals surface area contributed by atoms with Gasteiger partial charge in [-0.15, -0.1) is 0 Å². The average molecular weight is 1110 g/mol. The van der Waals surface area contributed by atoms with Crippen LogP contribution in [0.3, 0.4) is 0 Å². The first kappa shape index (κ1) is 72.8. The van der Waals surface area contributed by atoms with Gasteiger partial charge in [0.25, 0.3) is 0 Å². The number of hydrogen-bond donors (Lipinski definition) is 9. The number of rotatable bonds is 54. The van der Waals surface area contributed by atoms with Crippen molar-refractivity contribution in [2.24, 2.45) is 0 Å². The Morgan fingerprint density at radius 2 is 0.821 bits per heavy atom. The van der Waals surface area contributed by atoms with Gasteiger partial charge in [-0.1, -0.05) is 270 Å². The van der Waals surface area contributed by atoms with Crippen LogP contribution in [-0.4, -0.2) is 140 Å². The first-order valence-electron chi connectivity index (χ1n) is 32.9. The smallest absolute Gasteiger partial charge is 0.220 e. The second-order valence-electron chi connectivity index (χ2n) is 23.6. The summed E-state index contributed by atoms with van der Waals surface area (Å²) in [6.45, 7) is 2.84. The van der Waals surface area contributed by atoms with Crippen LogP contribution in [0, 0.1) is 0 Å². The Morgan fingerprint density at radius 3 is 1.26 bits per heavy atom. The van der Waals surface area contributed by atoms with E-state index >= 15 is 0 Å². The Morgan fingerprint density at radius 1 is 0.449 bits per heavy atom. The van der Waals surface area contributed by atoms with E-state index in [1.165, 1.54) is 199 Å². The number of allylic oxidation sites excluding steroid dienone is 2. The lowest BCUT2D eigenvalue weighted by atomic mass is 9.97. The predicted octanol–water partition coefficient (Wildman–Crippen LogP) is 12.2. The third kappa shape index (κ3) is 35.0. The van der Waals surface area contributed by atoms with Crippen LogP contribution in [0.2, 0.25) is 0 Å². The summed E-state index contributed by atoms with van der Waals surface area (Å²) < 4.78 is 22.8. The van der Waals surface area contributed by atoms with Crippen molar-refractivity contribution in [2.45, 2.75) is 370 Å². The van der Waals surface area contributed by atoms with E-state index in [9.17, 15) is 45.6 Å². The highest BCUT2D eigenvalue weighted by Gasteiger charge is 2.51. The van der Waals surface area contributed by atoms with E-state index < -0.39 is 86.8 Å². The summed E-state index contributed by atoms with van der Waals surface area (Å²) in [6.07, 6.45) is 42.6. The maximum atomic E-state index is 13.2. The minimum Gasteiger partial charge on any atom is -0.394 e. The van der Waals surface area contributed by atoms with Crippen LogP contribution >= 0.6 is 0 Å². The molecular weight excluding hydrogens is 991 g/mol. The molecule has 12 unspecified atom stereocenters. The Bertz CT molecular complexity index is 1360. The summed E-state index contributed by atoms with van der Waals surface area (Å²) in [5.41, 5.74) is 0. The number of nitrogens with one attached hydrogen (secondary N) is 1. The van der Waals surface area contributed by atoms with Crippen LogP contribution < -0.4 is 5.32 Å². The summed E-state index contributed by atoms with van der Waals surface area (Å²) >= 11 is 0. The van der Waals surface area contributed by atoms with Crippen molar-refractivity contribution in [3.05, 3.63) is 12.2 Å². The van der Waals surface area contributed by atoms with Gasteiger partial charge in [0.1, 0.15) is 48.8 Å². The summed E-state index contributed by atoms with van der Waals surface area (Å²) in [5.74, 6) is -0.214. The van der Waals surface area contributed by atoms with Gasteiger partial charge in [-0.05, 0) is 32.1 Å². The van der Waals surface area contributed by atoms with E-state index in [-0.39, 0.29) is 12.5 Å². The van der Waals surface area contributed by atoms with Crippen molar-refractivity contribution in [2.75, 3.05) is 19.8 Å². The van der Waals surface area contributed by atoms with E-state index in [1.54, 1.807) is 0 Å². The van der Waals surface area contributed by atoms with Crippen LogP contribution in [-0.2, 0) is 23.7 Å². The normalized spacial score (nSPS) is 24.5. The number of hydrogen-bond acceptors (Lipinski definition) is 13. The molecule has 78 heavy (non-hydrogen) atoms. The molecule has 0 aromatic rings. The molecule has 0 aromatic heterocycles. The molecular formula is C64H123NO13. The zero-order valence-corrected chi connectivity index (χ0v) is 49.9. The lowest BCUT2D eigenvalue weighted by Crippen LogP contribution is -2.65. The molecule has 0 saturated carbocycles. The minimum absolute atomic E-state index is 0.214. The van der Waals surface area contributed by atoms with Gasteiger partial charge in [0, 0.05) is 6.42 Å². The van der Waals surface area contributed by atoms with Crippen LogP contribution in [0.1, 0.15) is 296 Å². The molecule has 2 heterocycles. The molecule has 2 aliphatic heterocycles. The topological polar surface area (TPSA) is 228 Å². The highest BCUT2D eigenvalue weighted by molar-refractivity contribution is 5.76. The van der Waals surface area contributed by atoms with Crippen molar-refractivity contribution >= 4 is 5.91 Å². The third-order valence-electron chi connectivity index (χ3n) is 16.5. The zero-order valence-electron chi connectivity index (χ0n) is 49.9. The molecule has 0 aromatic carbocycles. The number of carbonyl (C=O) groups excluding carboxylic acids is 1. The molecule has 2 aliphatic rings. The molecule has 2 fully saturated rings. The van der Waals surface area contributed by atoms with E-state index in [1.807, 2.05) is 0 Å². The minimum atomic E-state index is -1.78. The lowest BCUT2D eigenvalue weighted by Gasteiger charge is -2.46. The number of ether oxygens (including phenoxy) is 4. The molecule has 2 saturated heterocycles. The maximum Gasteiger partial charge on any atom is 0.220 e. The van der Waals surface area contributed by atoms with Gasteiger partial charge in [-0.3, -0.25) is 4.79 Å². The maximum absolute atomic E-state index is 13.2. The largest absolute Gasteiger partial charge is 0.394 e. The van der Waals surface area contributed by atoms with Crippen LogP contribution in [0.5, 0.6) is 0 Å². The van der Waals surface area contributed by atoms with Crippen molar-refractivity contribution in [1.82, 2.24) is 5.32 Å². The number of aliphatic hydroxyl groups excluding tert-OH is 8. The van der Waals surface area contributed by atoms with Gasteiger partial charge in [-0.25, -0.2) is 0 Å². The fraction of sp³-hybridized carbons (Fsp3) is 0.953. The summed E-state index contributed by atoms with van der Waals surface area (Å²) in [7, 11) is 0. The fourth-order valence-corrected chi connectivity index (χ4v) is 11.2. The second-order valence-corrected chi connectivity index (χ2v) is 23.6. The number of unbranched alkanes of at least 4 members (excludes halogenated alkanes) is 39. The first-order chi connectivity index (χ1) is 38.1. The Hall–Kier alpha value is -1.27. The molecule has 2 rings (SSSR count). The number of carbonyl (C=O) groups is 1. The number of amides is 1. The van der Waals surface area contributed by atoms with E-state index in [0.717, 1.165) is 64.2 Å². The van der Waals surface area contributed by atoms with Gasteiger partial charge in [0.05, 0.1) is 32.0 Å². The molecule has 9 N–H and O–H groups in total. The van der Waals surface area contributed by atoms with E-state index in [4.69, 9.17) is 18.9 Å². The molecule has 14 heteroatoms. The highest BCUT2D eigenvalue weighted by Crippen LogP contribution is 2.30. The zero-order chi connectivity index (χ0) is 56.7. The lowest BCUT2D eigenvalue weighted by molar-refractivity contribution is -0.359. The molecule has 14 nitrogen and oxygen atoms in total. The summed E-state index contributed by atoms with van der Waals surface area (Å²) in [4.78, 5) is 13.2. The standard InChI is InChI=1S/C64H123NO13/c1-3-5-7-9-11-13-15-16-17-18-19-20-21-22-23-24-25-26-27-28-29-30-31-32-33-34-35-36-38-39-41-43-45-47-53(68)52(65-56(69)48-46-44-42-40-37-14-12-10-8-6-4-2)51-75-63-61(74)59(72)62(55(50-67)77-63)78-64-60(73)58(71)57(70)54(49-66)76-64/h10,12,52-55,57-64,66-68,70-74H,3-9,11,13-51H2,1-2H3,(H,65,69)/b12-10-. The second kappa shape index (κ2) is 50.3.